The van der Waals surface area contributed by atoms with Gasteiger partial charge in [-0.15, -0.1) is 0 Å². The summed E-state index contributed by atoms with van der Waals surface area (Å²) in [6.45, 7) is 15.4. The van der Waals surface area contributed by atoms with E-state index in [4.69, 9.17) is 0 Å². The Labute approximate surface area is 126 Å². The molecule has 3 heteroatoms. The van der Waals surface area contributed by atoms with Crippen LogP contribution in [-0.2, 0) is 0 Å². The summed E-state index contributed by atoms with van der Waals surface area (Å²) in [5.41, 5.74) is 0.506. The van der Waals surface area contributed by atoms with Gasteiger partial charge in [-0.25, -0.2) is 0 Å². The highest BCUT2D eigenvalue weighted by atomic mass is 15.3. The number of likely N-dealkylation sites (N-methyl/N-ethyl adjacent to an activating group) is 2. The predicted molar refractivity (Wildman–Crippen MR) is 87.1 cm³/mol. The van der Waals surface area contributed by atoms with Crippen LogP contribution in [0.15, 0.2) is 0 Å². The molecule has 3 nitrogen and oxygen atoms in total. The number of piperazine rings is 1. The first-order valence-corrected chi connectivity index (χ1v) is 8.53. The SMILES string of the molecule is CCNC1CCC(C)(C)CC1N1CC(C)N(C)C(C)C1. The number of hydrogen-bond acceptors (Lipinski definition) is 3. The minimum atomic E-state index is 0.506. The van der Waals surface area contributed by atoms with Gasteiger partial charge in [-0.2, -0.15) is 0 Å². The Morgan fingerprint density at radius 1 is 1.15 bits per heavy atom. The lowest BCUT2D eigenvalue weighted by Crippen LogP contribution is -2.63. The molecule has 1 aliphatic carbocycles. The van der Waals surface area contributed by atoms with Gasteiger partial charge in [0.15, 0.2) is 0 Å². The summed E-state index contributed by atoms with van der Waals surface area (Å²) in [7, 11) is 2.28. The minimum absolute atomic E-state index is 0.506. The van der Waals surface area contributed by atoms with Crippen molar-refractivity contribution in [2.75, 3.05) is 26.7 Å². The molecule has 0 aromatic rings. The van der Waals surface area contributed by atoms with Crippen molar-refractivity contribution >= 4 is 0 Å². The molecule has 2 fully saturated rings. The quantitative estimate of drug-likeness (QED) is 0.858. The van der Waals surface area contributed by atoms with Crippen LogP contribution in [0.2, 0.25) is 0 Å². The van der Waals surface area contributed by atoms with E-state index in [9.17, 15) is 0 Å². The van der Waals surface area contributed by atoms with Gasteiger partial charge < -0.3 is 5.32 Å². The number of nitrogens with zero attached hydrogens (tertiary/aromatic N) is 2. The Kier molecular flexibility index (Phi) is 5.14. The Balaban J connectivity index is 2.09. The molecular weight excluding hydrogens is 246 g/mol. The average molecular weight is 281 g/mol. The monoisotopic (exact) mass is 281 g/mol. The van der Waals surface area contributed by atoms with Gasteiger partial charge in [0, 0.05) is 37.3 Å². The fourth-order valence-electron chi connectivity index (χ4n) is 4.15. The largest absolute Gasteiger partial charge is 0.313 e. The average Bonchev–Trinajstić information content (AvgIpc) is 2.37. The molecule has 0 aromatic carbocycles. The molecule has 0 spiro atoms. The second-order valence-electron chi connectivity index (χ2n) is 7.96. The summed E-state index contributed by atoms with van der Waals surface area (Å²) in [5, 5.41) is 3.76. The fourth-order valence-corrected chi connectivity index (χ4v) is 4.15. The van der Waals surface area contributed by atoms with Crippen LogP contribution in [0.4, 0.5) is 0 Å². The zero-order valence-corrected chi connectivity index (χ0v) is 14.4. The van der Waals surface area contributed by atoms with Gasteiger partial charge >= 0.3 is 0 Å². The second kappa shape index (κ2) is 6.33. The van der Waals surface area contributed by atoms with Crippen LogP contribution in [-0.4, -0.2) is 60.6 Å². The molecule has 1 aliphatic heterocycles. The molecule has 0 bridgehead atoms. The highest BCUT2D eigenvalue weighted by molar-refractivity contribution is 4.97. The molecule has 4 atom stereocenters. The molecule has 1 saturated heterocycles. The van der Waals surface area contributed by atoms with Gasteiger partial charge in [0.05, 0.1) is 0 Å². The van der Waals surface area contributed by atoms with Crippen molar-refractivity contribution in [2.24, 2.45) is 5.41 Å². The summed E-state index contributed by atoms with van der Waals surface area (Å²) in [6.07, 6.45) is 4.04. The van der Waals surface area contributed by atoms with E-state index in [1.165, 1.54) is 32.4 Å². The molecule has 1 saturated carbocycles. The smallest absolute Gasteiger partial charge is 0.0255 e. The highest BCUT2D eigenvalue weighted by Crippen LogP contribution is 2.38. The Morgan fingerprint density at radius 2 is 1.75 bits per heavy atom. The van der Waals surface area contributed by atoms with Crippen molar-refractivity contribution in [1.29, 1.82) is 0 Å². The van der Waals surface area contributed by atoms with Crippen LogP contribution in [0.3, 0.4) is 0 Å². The number of hydrogen-bond donors (Lipinski definition) is 1. The normalized spacial score (nSPS) is 39.9. The van der Waals surface area contributed by atoms with Crippen LogP contribution in [0, 0.1) is 5.41 Å². The van der Waals surface area contributed by atoms with Crippen molar-refractivity contribution < 1.29 is 0 Å². The Bertz CT molecular complexity index is 303. The summed E-state index contributed by atoms with van der Waals surface area (Å²) in [5.74, 6) is 0. The predicted octanol–water partition coefficient (Wildman–Crippen LogP) is 2.57. The summed E-state index contributed by atoms with van der Waals surface area (Å²) in [4.78, 5) is 5.32. The number of rotatable bonds is 3. The van der Waals surface area contributed by atoms with Crippen molar-refractivity contribution in [3.8, 4) is 0 Å². The zero-order valence-electron chi connectivity index (χ0n) is 14.4. The van der Waals surface area contributed by atoms with E-state index in [1.807, 2.05) is 0 Å². The summed E-state index contributed by atoms with van der Waals surface area (Å²) in [6, 6.07) is 2.75. The first-order valence-electron chi connectivity index (χ1n) is 8.53. The van der Waals surface area contributed by atoms with Crippen molar-refractivity contribution in [3.63, 3.8) is 0 Å². The van der Waals surface area contributed by atoms with E-state index in [1.54, 1.807) is 0 Å². The first kappa shape index (κ1) is 16.3. The van der Waals surface area contributed by atoms with Crippen molar-refractivity contribution in [2.45, 2.75) is 78.0 Å². The molecule has 4 unspecified atom stereocenters. The van der Waals surface area contributed by atoms with Crippen LogP contribution in [0.1, 0.15) is 53.9 Å². The molecular formula is C17H35N3. The molecule has 0 radical (unpaired) electrons. The third kappa shape index (κ3) is 3.55. The standard InChI is InChI=1S/C17H35N3/c1-7-18-15-8-9-17(4,5)10-16(15)20-11-13(2)19(6)14(3)12-20/h13-16,18H,7-12H2,1-6H3. The molecule has 20 heavy (non-hydrogen) atoms. The van der Waals surface area contributed by atoms with Gasteiger partial charge in [0.2, 0.25) is 0 Å². The lowest BCUT2D eigenvalue weighted by Gasteiger charge is -2.51. The first-order chi connectivity index (χ1) is 9.34. The molecule has 0 aromatic heterocycles. The van der Waals surface area contributed by atoms with E-state index in [0.717, 1.165) is 12.6 Å². The maximum atomic E-state index is 3.76. The zero-order chi connectivity index (χ0) is 14.9. The maximum Gasteiger partial charge on any atom is 0.0255 e. The van der Waals surface area contributed by atoms with E-state index in [2.05, 4.69) is 56.8 Å². The molecule has 118 valence electrons. The highest BCUT2D eigenvalue weighted by Gasteiger charge is 2.40. The van der Waals surface area contributed by atoms with Crippen molar-refractivity contribution in [1.82, 2.24) is 15.1 Å². The summed E-state index contributed by atoms with van der Waals surface area (Å²) >= 11 is 0. The Morgan fingerprint density at radius 3 is 2.30 bits per heavy atom. The van der Waals surface area contributed by atoms with Gasteiger partial charge in [0.1, 0.15) is 0 Å². The second-order valence-corrected chi connectivity index (χ2v) is 7.96. The van der Waals surface area contributed by atoms with E-state index in [0.29, 0.717) is 23.5 Å². The maximum absolute atomic E-state index is 3.76. The van der Waals surface area contributed by atoms with Gasteiger partial charge in [-0.1, -0.05) is 20.8 Å². The van der Waals surface area contributed by atoms with Crippen LogP contribution in [0.25, 0.3) is 0 Å². The van der Waals surface area contributed by atoms with Gasteiger partial charge in [-0.05, 0) is 52.1 Å². The number of nitrogens with one attached hydrogen (secondary N) is 1. The lowest BCUT2D eigenvalue weighted by atomic mass is 9.72. The van der Waals surface area contributed by atoms with Gasteiger partial charge in [0.25, 0.3) is 0 Å². The molecule has 1 heterocycles. The molecule has 1 N–H and O–H groups in total. The van der Waals surface area contributed by atoms with Crippen molar-refractivity contribution in [3.05, 3.63) is 0 Å². The summed E-state index contributed by atoms with van der Waals surface area (Å²) < 4.78 is 0. The minimum Gasteiger partial charge on any atom is -0.313 e. The lowest BCUT2D eigenvalue weighted by molar-refractivity contribution is -0.00744. The molecule has 0 amide bonds. The molecule has 2 aliphatic rings. The van der Waals surface area contributed by atoms with Crippen LogP contribution >= 0.6 is 0 Å². The third-order valence-electron chi connectivity index (χ3n) is 5.68. The van der Waals surface area contributed by atoms with Crippen LogP contribution in [0.5, 0.6) is 0 Å². The van der Waals surface area contributed by atoms with E-state index in [-0.39, 0.29) is 0 Å². The molecule has 2 rings (SSSR count). The fraction of sp³-hybridized carbons (Fsp3) is 1.00. The van der Waals surface area contributed by atoms with Gasteiger partial charge in [-0.3, -0.25) is 9.80 Å². The van der Waals surface area contributed by atoms with E-state index < -0.39 is 0 Å². The Hall–Kier alpha value is -0.120. The van der Waals surface area contributed by atoms with Crippen LogP contribution < -0.4 is 5.32 Å². The van der Waals surface area contributed by atoms with E-state index >= 15 is 0 Å². The third-order valence-corrected chi connectivity index (χ3v) is 5.68. The topological polar surface area (TPSA) is 18.5 Å².